The van der Waals surface area contributed by atoms with Gasteiger partial charge < -0.3 is 19.8 Å². The van der Waals surface area contributed by atoms with Gasteiger partial charge in [0.25, 0.3) is 0 Å². The van der Waals surface area contributed by atoms with Gasteiger partial charge in [-0.3, -0.25) is 13.8 Å². The van der Waals surface area contributed by atoms with Crippen LogP contribution in [0.4, 0.5) is 0 Å². The maximum Gasteiger partial charge on any atom is 0.472 e. The molecular formula is C51H104N2O6P+. The Bertz CT molecular complexity index is 989. The Labute approximate surface area is 373 Å². The molecule has 0 spiro atoms. The van der Waals surface area contributed by atoms with Crippen LogP contribution in [-0.2, 0) is 18.4 Å². The monoisotopic (exact) mass is 872 g/mol. The van der Waals surface area contributed by atoms with Crippen LogP contribution in [-0.4, -0.2) is 73.4 Å². The normalized spacial score (nSPS) is 14.2. The molecule has 1 amide bonds. The molecule has 3 atom stereocenters. The number of likely N-dealkylation sites (N-methyl/N-ethyl adjacent to an activating group) is 1. The molecule has 8 nitrogen and oxygen atoms in total. The third-order valence-corrected chi connectivity index (χ3v) is 13.0. The van der Waals surface area contributed by atoms with Gasteiger partial charge in [-0.2, -0.15) is 0 Å². The van der Waals surface area contributed by atoms with Gasteiger partial charge in [-0.1, -0.05) is 244 Å². The molecule has 0 aliphatic heterocycles. The molecule has 0 saturated heterocycles. The fraction of sp³-hybridized carbons (Fsp3) is 0.941. The largest absolute Gasteiger partial charge is 0.472 e. The van der Waals surface area contributed by atoms with E-state index in [1.165, 1.54) is 199 Å². The Hall–Kier alpha value is -0.760. The molecule has 0 aromatic carbocycles. The highest BCUT2D eigenvalue weighted by Crippen LogP contribution is 2.43. The van der Waals surface area contributed by atoms with Crippen LogP contribution in [0.5, 0.6) is 0 Å². The molecule has 0 aromatic rings. The van der Waals surface area contributed by atoms with Gasteiger partial charge in [0.2, 0.25) is 5.91 Å². The van der Waals surface area contributed by atoms with Crippen molar-refractivity contribution < 1.29 is 32.9 Å². The highest BCUT2D eigenvalue weighted by molar-refractivity contribution is 7.47. The van der Waals surface area contributed by atoms with Crippen molar-refractivity contribution in [3.63, 3.8) is 0 Å². The first kappa shape index (κ1) is 59.2. The first-order valence-corrected chi connectivity index (χ1v) is 27.6. The molecule has 0 heterocycles. The third kappa shape index (κ3) is 45.3. The predicted molar refractivity (Wildman–Crippen MR) is 259 cm³/mol. The Morgan fingerprint density at radius 2 is 0.883 bits per heavy atom. The van der Waals surface area contributed by atoms with Crippen LogP contribution < -0.4 is 5.32 Å². The number of carbonyl (C=O) groups excluding carboxylic acids is 1. The van der Waals surface area contributed by atoms with Crippen LogP contribution in [0.2, 0.25) is 0 Å². The molecule has 0 bridgehead atoms. The van der Waals surface area contributed by atoms with Crippen LogP contribution in [0.25, 0.3) is 0 Å². The molecule has 3 unspecified atom stereocenters. The molecular weight excluding hydrogens is 768 g/mol. The summed E-state index contributed by atoms with van der Waals surface area (Å²) in [5, 5.41) is 13.8. The summed E-state index contributed by atoms with van der Waals surface area (Å²) in [6.07, 6.45) is 51.9. The number of unbranched alkanes of at least 4 members (excludes halogenated alkanes) is 35. The highest BCUT2D eigenvalue weighted by Gasteiger charge is 2.27. The lowest BCUT2D eigenvalue weighted by molar-refractivity contribution is -0.870. The lowest BCUT2D eigenvalue weighted by Crippen LogP contribution is -2.45. The number of aliphatic hydroxyl groups is 1. The second-order valence-corrected chi connectivity index (χ2v) is 20.7. The Kier molecular flexibility index (Phi) is 42.9. The Morgan fingerprint density at radius 3 is 1.23 bits per heavy atom. The lowest BCUT2D eigenvalue weighted by Gasteiger charge is -2.25. The summed E-state index contributed by atoms with van der Waals surface area (Å²) in [5.41, 5.74) is 0. The molecule has 3 N–H and O–H groups in total. The molecule has 358 valence electrons. The van der Waals surface area contributed by atoms with Gasteiger partial charge in [-0.15, -0.1) is 0 Å². The quantitative estimate of drug-likeness (QED) is 0.0243. The fourth-order valence-electron chi connectivity index (χ4n) is 7.87. The molecule has 0 saturated carbocycles. The van der Waals surface area contributed by atoms with Gasteiger partial charge >= 0.3 is 7.82 Å². The second-order valence-electron chi connectivity index (χ2n) is 19.3. The molecule has 0 radical (unpaired) electrons. The summed E-state index contributed by atoms with van der Waals surface area (Å²) >= 11 is 0. The van der Waals surface area contributed by atoms with E-state index in [0.29, 0.717) is 17.4 Å². The summed E-state index contributed by atoms with van der Waals surface area (Å²) in [6, 6.07) is -0.839. The van der Waals surface area contributed by atoms with Gasteiger partial charge in [0, 0.05) is 6.42 Å². The Balaban J connectivity index is 3.91. The topological polar surface area (TPSA) is 105 Å². The van der Waals surface area contributed by atoms with E-state index in [9.17, 15) is 19.4 Å². The van der Waals surface area contributed by atoms with Crippen molar-refractivity contribution >= 4 is 13.7 Å². The summed E-state index contributed by atoms with van der Waals surface area (Å²) in [4.78, 5) is 23.1. The number of aliphatic hydroxyl groups excluding tert-OH is 1. The third-order valence-electron chi connectivity index (χ3n) is 12.0. The zero-order valence-electron chi connectivity index (χ0n) is 40.7. The fourth-order valence-corrected chi connectivity index (χ4v) is 8.60. The molecule has 0 aromatic heterocycles. The van der Waals surface area contributed by atoms with Gasteiger partial charge in [-0.25, -0.2) is 4.57 Å². The summed E-state index contributed by atoms with van der Waals surface area (Å²) in [5.74, 6) is -0.175. The van der Waals surface area contributed by atoms with Gasteiger partial charge in [0.15, 0.2) is 0 Å². The van der Waals surface area contributed by atoms with E-state index in [1.54, 1.807) is 6.08 Å². The SMILES string of the molecule is CCCCCCCC/C=C/C(O)C(COP(=O)(O)OCC[N+](C)(C)C)NC(=O)CCCCCCCCCCCCCCCCCCCCCCCCCCCCCCCC. The minimum absolute atomic E-state index is 0.0642. The number of phosphoric ester groups is 1. The average molecular weight is 872 g/mol. The van der Waals surface area contributed by atoms with Gasteiger partial charge in [0.05, 0.1) is 39.9 Å². The molecule has 9 heteroatoms. The molecule has 0 rings (SSSR count). The van der Waals surface area contributed by atoms with Gasteiger partial charge in [0.1, 0.15) is 13.2 Å². The standard InChI is InChI=1S/C51H103N2O6P/c1-6-8-10-12-14-16-17-18-19-20-21-22-23-24-25-26-27-28-29-30-31-32-33-34-35-36-37-39-41-43-45-51(55)52-49(48-59-60(56,57)58-47-46-53(3,4)5)50(54)44-42-40-38-15-13-11-9-7-2/h42,44,49-50,54H,6-41,43,45-48H2,1-5H3,(H-,52,55,56,57)/p+1/b44-42+. The maximum absolute atomic E-state index is 12.9. The van der Waals surface area contributed by atoms with Crippen molar-refractivity contribution in [3.8, 4) is 0 Å². The minimum atomic E-state index is -4.33. The number of nitrogens with zero attached hydrogens (tertiary/aromatic N) is 1. The average Bonchev–Trinajstić information content (AvgIpc) is 3.20. The van der Waals surface area contributed by atoms with E-state index < -0.39 is 20.0 Å². The second kappa shape index (κ2) is 43.5. The van der Waals surface area contributed by atoms with Crippen LogP contribution in [0, 0.1) is 0 Å². The number of nitrogens with one attached hydrogen (secondary N) is 1. The van der Waals surface area contributed by atoms with E-state index in [0.717, 1.165) is 38.5 Å². The van der Waals surface area contributed by atoms with Crippen molar-refractivity contribution in [2.24, 2.45) is 0 Å². The van der Waals surface area contributed by atoms with Crippen LogP contribution in [0.1, 0.15) is 258 Å². The first-order valence-electron chi connectivity index (χ1n) is 26.1. The van der Waals surface area contributed by atoms with Crippen molar-refractivity contribution in [1.29, 1.82) is 0 Å². The number of allylic oxidation sites excluding steroid dienone is 1. The lowest BCUT2D eigenvalue weighted by atomic mass is 10.0. The number of quaternary nitrogens is 1. The number of phosphoric acid groups is 1. The number of carbonyl (C=O) groups is 1. The van der Waals surface area contributed by atoms with E-state index in [2.05, 4.69) is 19.2 Å². The number of amides is 1. The van der Waals surface area contributed by atoms with Crippen molar-refractivity contribution in [2.45, 2.75) is 270 Å². The zero-order valence-corrected chi connectivity index (χ0v) is 41.6. The van der Waals surface area contributed by atoms with Crippen molar-refractivity contribution in [2.75, 3.05) is 40.9 Å². The zero-order chi connectivity index (χ0) is 44.3. The molecule has 0 aliphatic carbocycles. The highest BCUT2D eigenvalue weighted by atomic mass is 31.2. The molecule has 0 aliphatic rings. The molecule has 60 heavy (non-hydrogen) atoms. The van der Waals surface area contributed by atoms with E-state index >= 15 is 0 Å². The summed E-state index contributed by atoms with van der Waals surface area (Å²) < 4.78 is 23.5. The summed E-state index contributed by atoms with van der Waals surface area (Å²) in [7, 11) is 1.58. The van der Waals surface area contributed by atoms with Crippen molar-refractivity contribution in [1.82, 2.24) is 5.32 Å². The van der Waals surface area contributed by atoms with Crippen LogP contribution >= 0.6 is 7.82 Å². The van der Waals surface area contributed by atoms with Crippen LogP contribution in [0.15, 0.2) is 12.2 Å². The van der Waals surface area contributed by atoms with E-state index in [1.807, 2.05) is 27.2 Å². The minimum Gasteiger partial charge on any atom is -0.387 e. The van der Waals surface area contributed by atoms with E-state index in [4.69, 9.17) is 9.05 Å². The number of hydrogen-bond donors (Lipinski definition) is 3. The summed E-state index contributed by atoms with van der Waals surface area (Å²) in [6.45, 7) is 4.80. The smallest absolute Gasteiger partial charge is 0.387 e. The first-order chi connectivity index (χ1) is 29.0. The number of rotatable bonds is 48. The maximum atomic E-state index is 12.9. The van der Waals surface area contributed by atoms with Crippen LogP contribution in [0.3, 0.4) is 0 Å². The Morgan fingerprint density at radius 1 is 0.550 bits per heavy atom. The van der Waals surface area contributed by atoms with Gasteiger partial charge in [-0.05, 0) is 19.3 Å². The predicted octanol–water partition coefficient (Wildman–Crippen LogP) is 15.1. The van der Waals surface area contributed by atoms with E-state index in [-0.39, 0.29) is 19.1 Å². The molecule has 0 fully saturated rings. The van der Waals surface area contributed by atoms with Crippen molar-refractivity contribution in [3.05, 3.63) is 12.2 Å². The number of hydrogen-bond acceptors (Lipinski definition) is 5.